The molecule has 0 radical (unpaired) electrons. The van der Waals surface area contributed by atoms with Crippen molar-refractivity contribution >= 4 is 19.7 Å². The van der Waals surface area contributed by atoms with E-state index in [9.17, 15) is 19.0 Å². The van der Waals surface area contributed by atoms with Gasteiger partial charge in [-0.3, -0.25) is 14.2 Å². The summed E-state index contributed by atoms with van der Waals surface area (Å²) in [5, 5.41) is 3.06. The molecule has 0 spiro atoms. The van der Waals surface area contributed by atoms with E-state index in [1.807, 2.05) is 33.3 Å². The van der Waals surface area contributed by atoms with E-state index >= 15 is 0 Å². The van der Waals surface area contributed by atoms with Gasteiger partial charge in [-0.2, -0.15) is 0 Å². The highest BCUT2D eigenvalue weighted by Crippen LogP contribution is 2.38. The molecule has 0 bridgehead atoms. The predicted octanol–water partition coefficient (Wildman–Crippen LogP) is 25.4. The summed E-state index contributed by atoms with van der Waals surface area (Å²) in [6, 6.07) is -0.890. The summed E-state index contributed by atoms with van der Waals surface area (Å²) in [6.07, 6.45) is 93.7. The van der Waals surface area contributed by atoms with Gasteiger partial charge in [0.05, 0.1) is 33.8 Å². The van der Waals surface area contributed by atoms with Crippen LogP contribution in [0.4, 0.5) is 0 Å². The second-order valence-corrected chi connectivity index (χ2v) is 30.0. The molecule has 0 aromatic carbocycles. The molecule has 0 fully saturated rings. The Bertz CT molecular complexity index is 1760. The highest BCUT2D eigenvalue weighted by Gasteiger charge is 2.27. The summed E-state index contributed by atoms with van der Waals surface area (Å²) in [6.45, 7) is 6.88. The molecule has 0 saturated carbocycles. The number of carbonyl (C=O) groups is 2. The molecule has 0 heterocycles. The van der Waals surface area contributed by atoms with Gasteiger partial charge in [0.25, 0.3) is 7.82 Å². The fourth-order valence-corrected chi connectivity index (χ4v) is 12.8. The van der Waals surface area contributed by atoms with E-state index in [4.69, 9.17) is 13.8 Å². The number of hydrogen-bond acceptors (Lipinski definition) is 7. The average molecular weight is 1310 g/mol. The minimum Gasteiger partial charge on any atom is -0.756 e. The number of hydrogen-bond donors (Lipinski definition) is 1. The first-order valence-corrected chi connectivity index (χ1v) is 41.6. The van der Waals surface area contributed by atoms with E-state index in [0.717, 1.165) is 77.0 Å². The average Bonchev–Trinajstić information content (AvgIpc) is 3.72. The number of phosphoric ester groups is 1. The standard InChI is InChI=1S/C82H155N2O7P/c1-7-10-13-16-19-22-25-28-30-32-34-36-38-40-42-44-46-48-50-52-54-56-59-62-65-68-71-74-81(85)83-79(78-90-92(87,88)89-77-76-84(4,5)6)80(73-70-67-64-61-58-27-24-21-18-15-12-9-3)91-82(86)75-72-69-66-63-60-57-55-53-51-49-47-45-43-41-39-37-35-33-31-29-26-23-20-17-14-11-8-2/h20,23,29,31,35,37,41,43,70,73,79-80H,7-19,21-22,24-28,30,32-34,36,38-40,42,44-69,71-72,74-78H2,1-6H3,(H-,83,85,87,88)/b23-20-,31-29-,37-35-,43-41-,73-70+. The molecular formula is C82H155N2O7P. The Morgan fingerprint density at radius 1 is 0.380 bits per heavy atom. The second kappa shape index (κ2) is 71.5. The molecule has 9 nitrogen and oxygen atoms in total. The molecule has 1 amide bonds. The van der Waals surface area contributed by atoms with Crippen molar-refractivity contribution in [3.05, 3.63) is 60.8 Å². The quantitative estimate of drug-likeness (QED) is 0.0212. The predicted molar refractivity (Wildman–Crippen MR) is 399 cm³/mol. The lowest BCUT2D eigenvalue weighted by Crippen LogP contribution is -2.47. The van der Waals surface area contributed by atoms with Gasteiger partial charge in [0.15, 0.2) is 0 Å². The monoisotopic (exact) mass is 1310 g/mol. The Morgan fingerprint density at radius 2 is 0.663 bits per heavy atom. The number of nitrogens with one attached hydrogen (secondary N) is 1. The van der Waals surface area contributed by atoms with Gasteiger partial charge in [-0.05, 0) is 76.7 Å². The maximum atomic E-state index is 13.7. The summed E-state index contributed by atoms with van der Waals surface area (Å²) in [5.74, 6) is -0.525. The van der Waals surface area contributed by atoms with Crippen molar-refractivity contribution in [2.24, 2.45) is 0 Å². The second-order valence-electron chi connectivity index (χ2n) is 28.6. The Balaban J connectivity index is 4.90. The SMILES string of the molecule is CCCCC/C=C\C/C=C\C/C=C\C/C=C\CCCCCCCCCCCCCC(=O)OC(/C=C/CCCCCCCCCCCC)C(COP(=O)([O-])OCC[N+](C)(C)C)NC(=O)CCCCCCCCCCCCCCCCCCCCCCCCCCCCC. The molecule has 0 saturated heterocycles. The number of nitrogens with zero attached hydrogens (tertiary/aromatic N) is 1. The summed E-state index contributed by atoms with van der Waals surface area (Å²) < 4.78 is 30.6. The summed E-state index contributed by atoms with van der Waals surface area (Å²) in [5.41, 5.74) is 0. The smallest absolute Gasteiger partial charge is 0.306 e. The van der Waals surface area contributed by atoms with Crippen LogP contribution in [0.15, 0.2) is 60.8 Å². The number of esters is 1. The zero-order chi connectivity index (χ0) is 67.0. The van der Waals surface area contributed by atoms with Crippen LogP contribution in [0, 0.1) is 0 Å². The zero-order valence-electron chi connectivity index (χ0n) is 62.0. The van der Waals surface area contributed by atoms with Crippen LogP contribution < -0.4 is 10.2 Å². The van der Waals surface area contributed by atoms with Crippen molar-refractivity contribution < 1.29 is 37.3 Å². The largest absolute Gasteiger partial charge is 0.756 e. The minimum atomic E-state index is -4.71. The van der Waals surface area contributed by atoms with Crippen LogP contribution >= 0.6 is 7.82 Å². The van der Waals surface area contributed by atoms with Crippen LogP contribution in [-0.2, 0) is 27.9 Å². The highest BCUT2D eigenvalue weighted by molar-refractivity contribution is 7.45. The summed E-state index contributed by atoms with van der Waals surface area (Å²) >= 11 is 0. The molecule has 0 aliphatic carbocycles. The molecule has 0 rings (SSSR count). The van der Waals surface area contributed by atoms with Crippen LogP contribution in [0.1, 0.15) is 400 Å². The van der Waals surface area contributed by atoms with Crippen molar-refractivity contribution in [2.45, 2.75) is 412 Å². The Morgan fingerprint density at radius 3 is 1.01 bits per heavy atom. The van der Waals surface area contributed by atoms with Crippen molar-refractivity contribution in [1.82, 2.24) is 5.32 Å². The van der Waals surface area contributed by atoms with Crippen molar-refractivity contribution in [3.8, 4) is 0 Å². The molecule has 3 unspecified atom stereocenters. The Hall–Kier alpha value is -2.29. The maximum absolute atomic E-state index is 13.7. The van der Waals surface area contributed by atoms with Gasteiger partial charge < -0.3 is 28.5 Å². The van der Waals surface area contributed by atoms with Gasteiger partial charge in [-0.25, -0.2) is 0 Å². The first-order valence-electron chi connectivity index (χ1n) is 40.1. The fourth-order valence-electron chi connectivity index (χ4n) is 12.0. The minimum absolute atomic E-state index is 0.0214. The Labute approximate surface area is 572 Å². The number of allylic oxidation sites excluding steroid dienone is 9. The molecule has 92 heavy (non-hydrogen) atoms. The van der Waals surface area contributed by atoms with Crippen molar-refractivity contribution in [1.29, 1.82) is 0 Å². The number of unbranched alkanes of at least 4 members (excludes halogenated alkanes) is 50. The number of amides is 1. The number of quaternary nitrogens is 1. The Kier molecular flexibility index (Phi) is 69.7. The first kappa shape index (κ1) is 89.7. The molecule has 0 aliphatic rings. The topological polar surface area (TPSA) is 114 Å². The van der Waals surface area contributed by atoms with Crippen LogP contribution in [0.3, 0.4) is 0 Å². The zero-order valence-corrected chi connectivity index (χ0v) is 62.9. The molecule has 0 aliphatic heterocycles. The molecule has 540 valence electrons. The van der Waals surface area contributed by atoms with Crippen molar-refractivity contribution in [2.75, 3.05) is 40.9 Å². The van der Waals surface area contributed by atoms with E-state index in [1.54, 1.807) is 0 Å². The van der Waals surface area contributed by atoms with Gasteiger partial charge in [-0.1, -0.05) is 371 Å². The molecule has 10 heteroatoms. The van der Waals surface area contributed by atoms with Gasteiger partial charge in [0, 0.05) is 12.8 Å². The maximum Gasteiger partial charge on any atom is 0.306 e. The third-order valence-corrected chi connectivity index (χ3v) is 19.2. The van der Waals surface area contributed by atoms with Gasteiger partial charge in [-0.15, -0.1) is 0 Å². The van der Waals surface area contributed by atoms with Gasteiger partial charge in [0.1, 0.15) is 19.3 Å². The number of carbonyl (C=O) groups excluding carboxylic acids is 2. The molecule has 0 aromatic rings. The van der Waals surface area contributed by atoms with Crippen LogP contribution in [-0.4, -0.2) is 69.4 Å². The lowest BCUT2D eigenvalue weighted by atomic mass is 10.0. The van der Waals surface area contributed by atoms with Gasteiger partial charge in [0.2, 0.25) is 5.91 Å². The molecule has 0 aromatic heterocycles. The van der Waals surface area contributed by atoms with Gasteiger partial charge >= 0.3 is 5.97 Å². The van der Waals surface area contributed by atoms with E-state index in [2.05, 4.69) is 74.7 Å². The number of ether oxygens (including phenoxy) is 1. The van der Waals surface area contributed by atoms with E-state index in [-0.39, 0.29) is 31.5 Å². The van der Waals surface area contributed by atoms with Crippen LogP contribution in [0.25, 0.3) is 0 Å². The van der Waals surface area contributed by atoms with Crippen LogP contribution in [0.5, 0.6) is 0 Å². The normalized spacial score (nSPS) is 13.7. The highest BCUT2D eigenvalue weighted by atomic mass is 31.2. The first-order chi connectivity index (χ1) is 44.9. The van der Waals surface area contributed by atoms with E-state index < -0.39 is 20.0 Å². The van der Waals surface area contributed by atoms with Crippen LogP contribution in [0.2, 0.25) is 0 Å². The lowest BCUT2D eigenvalue weighted by molar-refractivity contribution is -0.870. The number of likely N-dealkylation sites (N-methyl/N-ethyl adjacent to an activating group) is 1. The summed E-state index contributed by atoms with van der Waals surface area (Å²) in [7, 11) is 1.20. The number of phosphoric acid groups is 1. The molecule has 1 N–H and O–H groups in total. The van der Waals surface area contributed by atoms with Crippen molar-refractivity contribution in [3.63, 3.8) is 0 Å². The lowest BCUT2D eigenvalue weighted by Gasteiger charge is -2.30. The molecule has 3 atom stereocenters. The molecular weight excluding hydrogens is 1160 g/mol. The fraction of sp³-hybridized carbons (Fsp3) is 0.854. The van der Waals surface area contributed by atoms with E-state index in [0.29, 0.717) is 17.4 Å². The third kappa shape index (κ3) is 72.0. The van der Waals surface area contributed by atoms with E-state index in [1.165, 1.54) is 289 Å². The third-order valence-electron chi connectivity index (χ3n) is 18.2. The summed E-state index contributed by atoms with van der Waals surface area (Å²) in [4.78, 5) is 40.3. The number of rotatable bonds is 74.